The van der Waals surface area contributed by atoms with Crippen LogP contribution in [0.2, 0.25) is 0 Å². The Labute approximate surface area is 107 Å². The first-order chi connectivity index (χ1) is 8.52. The summed E-state index contributed by atoms with van der Waals surface area (Å²) in [6.45, 7) is 1.55. The van der Waals surface area contributed by atoms with Crippen molar-refractivity contribution in [3.8, 4) is 0 Å². The number of nitrogens with zero attached hydrogens (tertiary/aromatic N) is 1. The zero-order valence-electron chi connectivity index (χ0n) is 10.8. The van der Waals surface area contributed by atoms with Gasteiger partial charge in [0.25, 0.3) is 0 Å². The largest absolute Gasteiger partial charge is 0.389 e. The lowest BCUT2D eigenvalue weighted by Gasteiger charge is -2.20. The lowest BCUT2D eigenvalue weighted by Crippen LogP contribution is -2.31. The molecule has 0 aliphatic heterocycles. The van der Waals surface area contributed by atoms with Crippen molar-refractivity contribution in [1.82, 2.24) is 4.90 Å². The third-order valence-electron chi connectivity index (χ3n) is 2.57. The van der Waals surface area contributed by atoms with Crippen molar-refractivity contribution < 1.29 is 14.6 Å². The molecule has 1 atom stereocenters. The molecule has 18 heavy (non-hydrogen) atoms. The normalized spacial score (nSPS) is 12.7. The van der Waals surface area contributed by atoms with Crippen LogP contribution in [0.5, 0.6) is 0 Å². The average Bonchev–Trinajstić information content (AvgIpc) is 2.29. The summed E-state index contributed by atoms with van der Waals surface area (Å²) < 4.78 is 4.87. The SMILES string of the molecule is COCC(O)CN(C)Cc1ccc(C(N)=O)cc1. The Bertz CT molecular complexity index is 378. The molecule has 0 saturated carbocycles. The van der Waals surface area contributed by atoms with Gasteiger partial charge in [0.1, 0.15) is 0 Å². The molecule has 0 fully saturated rings. The van der Waals surface area contributed by atoms with Crippen LogP contribution in [0.3, 0.4) is 0 Å². The molecule has 0 aliphatic carbocycles. The van der Waals surface area contributed by atoms with Crippen LogP contribution in [0.25, 0.3) is 0 Å². The second-order valence-corrected chi connectivity index (χ2v) is 4.37. The van der Waals surface area contributed by atoms with Crippen LogP contribution in [0.1, 0.15) is 15.9 Å². The molecule has 1 aromatic rings. The van der Waals surface area contributed by atoms with Crippen molar-refractivity contribution in [2.75, 3.05) is 27.3 Å². The molecular weight excluding hydrogens is 232 g/mol. The maximum absolute atomic E-state index is 10.9. The molecule has 1 aromatic carbocycles. The second-order valence-electron chi connectivity index (χ2n) is 4.37. The Morgan fingerprint density at radius 1 is 1.44 bits per heavy atom. The van der Waals surface area contributed by atoms with Gasteiger partial charge in [-0.3, -0.25) is 9.69 Å². The lowest BCUT2D eigenvalue weighted by molar-refractivity contribution is 0.0419. The third kappa shape index (κ3) is 4.83. The van der Waals surface area contributed by atoms with Crippen molar-refractivity contribution in [3.63, 3.8) is 0 Å². The number of amides is 1. The second kappa shape index (κ2) is 7.10. The van der Waals surface area contributed by atoms with Crippen molar-refractivity contribution in [2.45, 2.75) is 12.6 Å². The highest BCUT2D eigenvalue weighted by Crippen LogP contribution is 2.06. The number of nitrogens with two attached hydrogens (primary N) is 1. The molecule has 5 heteroatoms. The fraction of sp³-hybridized carbons (Fsp3) is 0.462. The van der Waals surface area contributed by atoms with Crippen LogP contribution < -0.4 is 5.73 Å². The van der Waals surface area contributed by atoms with E-state index in [0.717, 1.165) is 5.56 Å². The van der Waals surface area contributed by atoms with E-state index in [0.29, 0.717) is 25.3 Å². The molecule has 0 radical (unpaired) electrons. The predicted molar refractivity (Wildman–Crippen MR) is 69.2 cm³/mol. The fourth-order valence-corrected chi connectivity index (χ4v) is 1.76. The molecule has 0 bridgehead atoms. The first-order valence-corrected chi connectivity index (χ1v) is 5.77. The number of aliphatic hydroxyl groups is 1. The van der Waals surface area contributed by atoms with Gasteiger partial charge in [-0.2, -0.15) is 0 Å². The van der Waals surface area contributed by atoms with Crippen molar-refractivity contribution in [2.24, 2.45) is 5.73 Å². The number of rotatable bonds is 7. The first-order valence-electron chi connectivity index (χ1n) is 5.77. The van der Waals surface area contributed by atoms with E-state index < -0.39 is 12.0 Å². The smallest absolute Gasteiger partial charge is 0.248 e. The van der Waals surface area contributed by atoms with Crippen LogP contribution in [0.4, 0.5) is 0 Å². The van der Waals surface area contributed by atoms with Gasteiger partial charge in [0, 0.05) is 25.8 Å². The van der Waals surface area contributed by atoms with E-state index in [1.807, 2.05) is 24.1 Å². The van der Waals surface area contributed by atoms with Gasteiger partial charge >= 0.3 is 0 Å². The molecule has 0 saturated heterocycles. The Kier molecular flexibility index (Phi) is 5.77. The minimum atomic E-state index is -0.495. The first kappa shape index (κ1) is 14.6. The zero-order chi connectivity index (χ0) is 13.5. The molecule has 0 heterocycles. The van der Waals surface area contributed by atoms with Gasteiger partial charge in [0.2, 0.25) is 5.91 Å². The maximum Gasteiger partial charge on any atom is 0.248 e. The molecule has 3 N–H and O–H groups in total. The molecule has 5 nitrogen and oxygen atoms in total. The molecule has 1 amide bonds. The number of carbonyl (C=O) groups is 1. The number of methoxy groups -OCH3 is 1. The Morgan fingerprint density at radius 3 is 2.56 bits per heavy atom. The number of hydrogen-bond acceptors (Lipinski definition) is 4. The van der Waals surface area contributed by atoms with E-state index in [1.165, 1.54) is 0 Å². The number of benzene rings is 1. The van der Waals surface area contributed by atoms with E-state index in [9.17, 15) is 9.90 Å². The summed E-state index contributed by atoms with van der Waals surface area (Å²) in [4.78, 5) is 12.9. The molecule has 0 spiro atoms. The van der Waals surface area contributed by atoms with E-state index in [-0.39, 0.29) is 0 Å². The topological polar surface area (TPSA) is 75.8 Å². The van der Waals surface area contributed by atoms with Gasteiger partial charge in [-0.1, -0.05) is 12.1 Å². The molecule has 1 rings (SSSR count). The van der Waals surface area contributed by atoms with E-state index in [4.69, 9.17) is 10.5 Å². The number of primary amides is 1. The van der Waals surface area contributed by atoms with Crippen molar-refractivity contribution >= 4 is 5.91 Å². The van der Waals surface area contributed by atoms with Gasteiger partial charge in [0.05, 0.1) is 12.7 Å². The minimum absolute atomic E-state index is 0.324. The van der Waals surface area contributed by atoms with Crippen LogP contribution in [0, 0.1) is 0 Å². The highest BCUT2D eigenvalue weighted by atomic mass is 16.5. The highest BCUT2D eigenvalue weighted by molar-refractivity contribution is 5.92. The Morgan fingerprint density at radius 2 is 2.06 bits per heavy atom. The number of aliphatic hydroxyl groups excluding tert-OH is 1. The van der Waals surface area contributed by atoms with Crippen LogP contribution in [-0.2, 0) is 11.3 Å². The zero-order valence-corrected chi connectivity index (χ0v) is 10.8. The van der Waals surface area contributed by atoms with Crippen LogP contribution in [-0.4, -0.2) is 49.3 Å². The molecule has 1 unspecified atom stereocenters. The molecular formula is C13H20N2O3. The molecule has 0 aliphatic rings. The number of carbonyl (C=O) groups excluding carboxylic acids is 1. The highest BCUT2D eigenvalue weighted by Gasteiger charge is 2.08. The quantitative estimate of drug-likeness (QED) is 0.728. The van der Waals surface area contributed by atoms with E-state index in [1.54, 1.807) is 19.2 Å². The number of likely N-dealkylation sites (N-methyl/N-ethyl adjacent to an activating group) is 1. The van der Waals surface area contributed by atoms with Crippen LogP contribution >= 0.6 is 0 Å². The van der Waals surface area contributed by atoms with Gasteiger partial charge in [-0.05, 0) is 24.7 Å². The minimum Gasteiger partial charge on any atom is -0.389 e. The standard InChI is InChI=1S/C13H20N2O3/c1-15(8-12(16)9-18-2)7-10-3-5-11(6-4-10)13(14)17/h3-6,12,16H,7-9H2,1-2H3,(H2,14,17). The summed E-state index contributed by atoms with van der Waals surface area (Å²) in [6.07, 6.45) is -0.495. The summed E-state index contributed by atoms with van der Waals surface area (Å²) >= 11 is 0. The number of ether oxygens (including phenoxy) is 1. The summed E-state index contributed by atoms with van der Waals surface area (Å²) in [5.41, 5.74) is 6.73. The molecule has 100 valence electrons. The fourth-order valence-electron chi connectivity index (χ4n) is 1.76. The summed E-state index contributed by atoms with van der Waals surface area (Å²) in [7, 11) is 3.48. The van der Waals surface area contributed by atoms with Crippen molar-refractivity contribution in [1.29, 1.82) is 0 Å². The van der Waals surface area contributed by atoms with Gasteiger partial charge in [-0.25, -0.2) is 0 Å². The van der Waals surface area contributed by atoms with E-state index >= 15 is 0 Å². The monoisotopic (exact) mass is 252 g/mol. The third-order valence-corrected chi connectivity index (χ3v) is 2.57. The van der Waals surface area contributed by atoms with Gasteiger partial charge in [0.15, 0.2) is 0 Å². The van der Waals surface area contributed by atoms with Crippen LogP contribution in [0.15, 0.2) is 24.3 Å². The summed E-state index contributed by atoms with van der Waals surface area (Å²) in [5.74, 6) is -0.426. The summed E-state index contributed by atoms with van der Waals surface area (Å²) in [6, 6.07) is 7.13. The molecule has 0 aromatic heterocycles. The van der Waals surface area contributed by atoms with Crippen molar-refractivity contribution in [3.05, 3.63) is 35.4 Å². The Hall–Kier alpha value is -1.43. The average molecular weight is 252 g/mol. The predicted octanol–water partition coefficient (Wildman–Crippen LogP) is 0.225. The van der Waals surface area contributed by atoms with Gasteiger partial charge < -0.3 is 15.6 Å². The summed E-state index contributed by atoms with van der Waals surface area (Å²) in [5, 5.41) is 9.59. The Balaban J connectivity index is 2.49. The maximum atomic E-state index is 10.9. The van der Waals surface area contributed by atoms with Gasteiger partial charge in [-0.15, -0.1) is 0 Å². The number of hydrogen-bond donors (Lipinski definition) is 2. The van der Waals surface area contributed by atoms with E-state index in [2.05, 4.69) is 0 Å². The lowest BCUT2D eigenvalue weighted by atomic mass is 10.1.